The summed E-state index contributed by atoms with van der Waals surface area (Å²) in [7, 11) is 1.38. The number of nitrogens with one attached hydrogen (secondary N) is 1. The molecule has 1 unspecified atom stereocenters. The minimum absolute atomic E-state index is 0.112. The number of carbonyl (C=O) groups excluding carboxylic acids is 1. The molecule has 106 valence electrons. The fourth-order valence-electron chi connectivity index (χ4n) is 1.71. The largest absolute Gasteiger partial charge is 0.492 e. The summed E-state index contributed by atoms with van der Waals surface area (Å²) in [6.07, 6.45) is 0. The first kappa shape index (κ1) is 15.1. The third-order valence-corrected chi connectivity index (χ3v) is 2.76. The van der Waals surface area contributed by atoms with Gasteiger partial charge in [-0.15, -0.1) is 0 Å². The fraction of sp³-hybridized carbons (Fsp3) is 0.500. The Bertz CT molecular complexity index is 433. The van der Waals surface area contributed by atoms with E-state index in [2.05, 4.69) is 5.32 Å². The van der Waals surface area contributed by atoms with Crippen molar-refractivity contribution in [2.45, 2.75) is 26.8 Å². The molecule has 0 heterocycles. The molecule has 0 saturated carbocycles. The Balaban J connectivity index is 2.90. The maximum atomic E-state index is 11.7. The van der Waals surface area contributed by atoms with Crippen LogP contribution in [0.3, 0.4) is 0 Å². The lowest BCUT2D eigenvalue weighted by atomic mass is 10.0. The quantitative estimate of drug-likeness (QED) is 0.610. The molecule has 0 bridgehead atoms. The van der Waals surface area contributed by atoms with Gasteiger partial charge in [-0.2, -0.15) is 0 Å². The standard InChI is InChI=1S/C14H22N2O3/c1-5-19-12-8-10(6-7-11(12)15)16-13(9(2)3)14(17)18-4/h6-9,13,16H,5,15H2,1-4H3. The summed E-state index contributed by atoms with van der Waals surface area (Å²) < 4.78 is 10.2. The average Bonchev–Trinajstić information content (AvgIpc) is 2.38. The van der Waals surface area contributed by atoms with E-state index in [9.17, 15) is 4.79 Å². The number of benzene rings is 1. The molecule has 3 N–H and O–H groups in total. The number of esters is 1. The van der Waals surface area contributed by atoms with E-state index in [1.54, 1.807) is 12.1 Å². The Morgan fingerprint density at radius 2 is 2.11 bits per heavy atom. The van der Waals surface area contributed by atoms with Crippen molar-refractivity contribution in [1.29, 1.82) is 0 Å². The van der Waals surface area contributed by atoms with Crippen molar-refractivity contribution in [1.82, 2.24) is 0 Å². The van der Waals surface area contributed by atoms with Gasteiger partial charge in [-0.3, -0.25) is 0 Å². The van der Waals surface area contributed by atoms with Crippen LogP contribution in [0.1, 0.15) is 20.8 Å². The summed E-state index contributed by atoms with van der Waals surface area (Å²) in [6.45, 7) is 6.34. The molecule has 0 aliphatic heterocycles. The average molecular weight is 266 g/mol. The van der Waals surface area contributed by atoms with Gasteiger partial charge in [-0.05, 0) is 25.0 Å². The van der Waals surface area contributed by atoms with E-state index in [1.807, 2.05) is 26.8 Å². The number of nitrogens with two attached hydrogens (primary N) is 1. The first-order valence-electron chi connectivity index (χ1n) is 6.36. The van der Waals surface area contributed by atoms with Crippen molar-refractivity contribution in [3.8, 4) is 5.75 Å². The third kappa shape index (κ3) is 4.05. The normalized spacial score (nSPS) is 12.1. The molecule has 1 aromatic rings. The summed E-state index contributed by atoms with van der Waals surface area (Å²) in [5.41, 5.74) is 7.16. The van der Waals surface area contributed by atoms with Gasteiger partial charge < -0.3 is 20.5 Å². The SMILES string of the molecule is CCOc1cc(NC(C(=O)OC)C(C)C)ccc1N. The summed E-state index contributed by atoms with van der Waals surface area (Å²) >= 11 is 0. The summed E-state index contributed by atoms with van der Waals surface area (Å²) in [4.78, 5) is 11.7. The van der Waals surface area contributed by atoms with Gasteiger partial charge in [0.1, 0.15) is 11.8 Å². The zero-order valence-corrected chi connectivity index (χ0v) is 11.9. The number of anilines is 2. The molecule has 5 nitrogen and oxygen atoms in total. The molecule has 1 atom stereocenters. The molecule has 0 aromatic heterocycles. The lowest BCUT2D eigenvalue weighted by molar-refractivity contribution is -0.142. The monoisotopic (exact) mass is 266 g/mol. The van der Waals surface area contributed by atoms with Crippen LogP contribution in [0.2, 0.25) is 0 Å². The Labute approximate surface area is 114 Å². The summed E-state index contributed by atoms with van der Waals surface area (Å²) in [5, 5.41) is 3.15. The van der Waals surface area contributed by atoms with Crippen LogP contribution in [0.5, 0.6) is 5.75 Å². The summed E-state index contributed by atoms with van der Waals surface area (Å²) in [6, 6.07) is 4.96. The molecular formula is C14H22N2O3. The predicted octanol–water partition coefficient (Wildman–Crippen LogP) is 2.28. The molecule has 0 radical (unpaired) electrons. The minimum atomic E-state index is -0.400. The van der Waals surface area contributed by atoms with Gasteiger partial charge in [0, 0.05) is 11.8 Å². The molecule has 0 fully saturated rings. The van der Waals surface area contributed by atoms with E-state index in [1.165, 1.54) is 7.11 Å². The molecule has 0 saturated heterocycles. The van der Waals surface area contributed by atoms with Gasteiger partial charge in [0.2, 0.25) is 0 Å². The lowest BCUT2D eigenvalue weighted by Gasteiger charge is -2.21. The van der Waals surface area contributed by atoms with E-state index in [0.717, 1.165) is 5.69 Å². The number of hydrogen-bond acceptors (Lipinski definition) is 5. The molecule has 0 aliphatic rings. The smallest absolute Gasteiger partial charge is 0.328 e. The maximum Gasteiger partial charge on any atom is 0.328 e. The molecule has 1 rings (SSSR count). The highest BCUT2D eigenvalue weighted by atomic mass is 16.5. The van der Waals surface area contributed by atoms with E-state index in [-0.39, 0.29) is 11.9 Å². The maximum absolute atomic E-state index is 11.7. The van der Waals surface area contributed by atoms with Gasteiger partial charge in [0.15, 0.2) is 0 Å². The van der Waals surface area contributed by atoms with Crippen molar-refractivity contribution in [2.24, 2.45) is 5.92 Å². The van der Waals surface area contributed by atoms with Crippen LogP contribution < -0.4 is 15.8 Å². The number of methoxy groups -OCH3 is 1. The zero-order valence-electron chi connectivity index (χ0n) is 11.9. The van der Waals surface area contributed by atoms with Crippen LogP contribution in [0.4, 0.5) is 11.4 Å². The fourth-order valence-corrected chi connectivity index (χ4v) is 1.71. The van der Waals surface area contributed by atoms with Gasteiger partial charge in [-0.25, -0.2) is 4.79 Å². The molecule has 5 heteroatoms. The topological polar surface area (TPSA) is 73.6 Å². The second-order valence-electron chi connectivity index (χ2n) is 4.57. The van der Waals surface area contributed by atoms with E-state index in [4.69, 9.17) is 15.2 Å². The third-order valence-electron chi connectivity index (χ3n) is 2.76. The Morgan fingerprint density at radius 1 is 1.42 bits per heavy atom. The number of ether oxygens (including phenoxy) is 2. The van der Waals surface area contributed by atoms with Crippen LogP contribution in [0.25, 0.3) is 0 Å². The molecule has 0 spiro atoms. The number of hydrogen-bond donors (Lipinski definition) is 2. The highest BCUT2D eigenvalue weighted by Crippen LogP contribution is 2.26. The first-order valence-corrected chi connectivity index (χ1v) is 6.36. The van der Waals surface area contributed by atoms with E-state index < -0.39 is 6.04 Å². The molecule has 19 heavy (non-hydrogen) atoms. The van der Waals surface area contributed by atoms with Gasteiger partial charge in [-0.1, -0.05) is 13.8 Å². The van der Waals surface area contributed by atoms with Crippen LogP contribution in [-0.4, -0.2) is 25.7 Å². The van der Waals surface area contributed by atoms with Crippen LogP contribution in [0.15, 0.2) is 18.2 Å². The zero-order chi connectivity index (χ0) is 14.4. The number of rotatable bonds is 6. The van der Waals surface area contributed by atoms with Crippen LogP contribution >= 0.6 is 0 Å². The van der Waals surface area contributed by atoms with Crippen molar-refractivity contribution in [3.05, 3.63) is 18.2 Å². The Hall–Kier alpha value is -1.91. The Morgan fingerprint density at radius 3 is 2.63 bits per heavy atom. The van der Waals surface area contributed by atoms with Crippen molar-refractivity contribution < 1.29 is 14.3 Å². The molecular weight excluding hydrogens is 244 g/mol. The van der Waals surface area contributed by atoms with Crippen molar-refractivity contribution in [3.63, 3.8) is 0 Å². The predicted molar refractivity (Wildman–Crippen MR) is 76.3 cm³/mol. The number of nitrogen functional groups attached to an aromatic ring is 1. The summed E-state index contributed by atoms with van der Waals surface area (Å²) in [5.74, 6) is 0.435. The van der Waals surface area contributed by atoms with Crippen molar-refractivity contribution in [2.75, 3.05) is 24.8 Å². The van der Waals surface area contributed by atoms with Gasteiger partial charge >= 0.3 is 5.97 Å². The van der Waals surface area contributed by atoms with E-state index in [0.29, 0.717) is 18.0 Å². The second-order valence-corrected chi connectivity index (χ2v) is 4.57. The Kier molecular flexibility index (Phi) is 5.48. The lowest BCUT2D eigenvalue weighted by Crippen LogP contribution is -2.35. The molecule has 0 aliphatic carbocycles. The highest BCUT2D eigenvalue weighted by molar-refractivity contribution is 5.80. The number of carbonyl (C=O) groups is 1. The highest BCUT2D eigenvalue weighted by Gasteiger charge is 2.22. The van der Waals surface area contributed by atoms with Gasteiger partial charge in [0.05, 0.1) is 19.4 Å². The first-order chi connectivity index (χ1) is 8.99. The van der Waals surface area contributed by atoms with Gasteiger partial charge in [0.25, 0.3) is 0 Å². The van der Waals surface area contributed by atoms with Crippen LogP contribution in [0, 0.1) is 5.92 Å². The van der Waals surface area contributed by atoms with Crippen LogP contribution in [-0.2, 0) is 9.53 Å². The van der Waals surface area contributed by atoms with Crippen molar-refractivity contribution >= 4 is 17.3 Å². The molecule has 0 amide bonds. The second kappa shape index (κ2) is 6.87. The minimum Gasteiger partial charge on any atom is -0.492 e. The molecule has 1 aromatic carbocycles. The van der Waals surface area contributed by atoms with E-state index >= 15 is 0 Å².